The van der Waals surface area contributed by atoms with E-state index in [0.717, 1.165) is 16.5 Å². The molecule has 0 saturated heterocycles. The van der Waals surface area contributed by atoms with Crippen molar-refractivity contribution >= 4 is 23.4 Å². The van der Waals surface area contributed by atoms with Gasteiger partial charge in [0.25, 0.3) is 5.91 Å². The molecule has 1 N–H and O–H groups in total. The predicted octanol–water partition coefficient (Wildman–Crippen LogP) is 6.94. The van der Waals surface area contributed by atoms with Crippen LogP contribution in [-0.4, -0.2) is 36.9 Å². The maximum Gasteiger partial charge on any atom is 0.416 e. The zero-order chi connectivity index (χ0) is 30.4. The van der Waals surface area contributed by atoms with Crippen LogP contribution in [0.2, 0.25) is 5.02 Å². The summed E-state index contributed by atoms with van der Waals surface area (Å²) in [6.45, 7) is 0.154. The highest BCUT2D eigenvalue weighted by Gasteiger charge is 2.38. The lowest BCUT2D eigenvalue weighted by Gasteiger charge is -2.27. The highest BCUT2D eigenvalue weighted by molar-refractivity contribution is 6.30. The van der Waals surface area contributed by atoms with Crippen LogP contribution in [-0.2, 0) is 30.1 Å². The molecule has 0 bridgehead atoms. The third-order valence-electron chi connectivity index (χ3n) is 6.08. The Labute approximate surface area is 237 Å². The summed E-state index contributed by atoms with van der Waals surface area (Å²) in [5.41, 5.74) is -2.61. The van der Waals surface area contributed by atoms with Crippen LogP contribution in [0.15, 0.2) is 78.9 Å². The van der Waals surface area contributed by atoms with Crippen LogP contribution in [0, 0.1) is 0 Å². The van der Waals surface area contributed by atoms with Gasteiger partial charge in [-0.25, -0.2) is 0 Å². The molecule has 12 heteroatoms. The van der Waals surface area contributed by atoms with Gasteiger partial charge in [-0.05, 0) is 60.0 Å². The maximum absolute atomic E-state index is 13.4. The standard InChI is InChI=1S/C29H25ClF6N2O3/c1-38(27(40)20-14-21(28(31,32)33)16-22(15-20)29(34,35)36)24(12-18-6-8-23(30)9-7-18)10-11-26(39)37-17-19-4-3-5-25(13-19)41-2/h3-11,13-16,24H,12,17H2,1-2H3,(H,37,39)/b11-10+. The van der Waals surface area contributed by atoms with Crippen molar-refractivity contribution in [2.24, 2.45) is 0 Å². The minimum absolute atomic E-state index is 0.0471. The Morgan fingerprint density at radius 1 is 0.927 bits per heavy atom. The van der Waals surface area contributed by atoms with E-state index in [2.05, 4.69) is 5.32 Å². The van der Waals surface area contributed by atoms with E-state index in [0.29, 0.717) is 28.5 Å². The van der Waals surface area contributed by atoms with E-state index < -0.39 is 46.9 Å². The fourth-order valence-corrected chi connectivity index (χ4v) is 3.98. The molecule has 41 heavy (non-hydrogen) atoms. The van der Waals surface area contributed by atoms with Gasteiger partial charge >= 0.3 is 12.4 Å². The van der Waals surface area contributed by atoms with Crippen molar-refractivity contribution in [2.45, 2.75) is 31.4 Å². The molecular weight excluding hydrogens is 574 g/mol. The average Bonchev–Trinajstić information content (AvgIpc) is 2.93. The average molecular weight is 599 g/mol. The first kappa shape index (κ1) is 31.5. The number of hydrogen-bond donors (Lipinski definition) is 1. The number of benzene rings is 3. The number of amides is 2. The number of carbonyl (C=O) groups excluding carboxylic acids is 2. The number of ether oxygens (including phenoxy) is 1. The summed E-state index contributed by atoms with van der Waals surface area (Å²) >= 11 is 5.93. The van der Waals surface area contributed by atoms with Crippen molar-refractivity contribution < 1.29 is 40.7 Å². The number of halogens is 7. The second-order valence-electron chi connectivity index (χ2n) is 9.04. The van der Waals surface area contributed by atoms with E-state index in [1.54, 1.807) is 48.5 Å². The lowest BCUT2D eigenvalue weighted by atomic mass is 10.0. The SMILES string of the molecule is COc1cccc(CNC(=O)/C=C/C(Cc2ccc(Cl)cc2)N(C)C(=O)c2cc(C(F)(F)F)cc(C(F)(F)F)c2)c1. The number of carbonyl (C=O) groups is 2. The Bertz CT molecular complexity index is 1370. The molecule has 0 aliphatic heterocycles. The molecule has 0 heterocycles. The molecule has 0 spiro atoms. The second kappa shape index (κ2) is 13.1. The molecule has 1 atom stereocenters. The zero-order valence-electron chi connectivity index (χ0n) is 21.8. The number of likely N-dealkylation sites (N-methyl/N-ethyl adjacent to an activating group) is 1. The minimum Gasteiger partial charge on any atom is -0.497 e. The van der Waals surface area contributed by atoms with Gasteiger partial charge in [0.2, 0.25) is 5.91 Å². The van der Waals surface area contributed by atoms with E-state index in [1.165, 1.54) is 20.2 Å². The highest BCUT2D eigenvalue weighted by atomic mass is 35.5. The van der Waals surface area contributed by atoms with Crippen molar-refractivity contribution in [3.8, 4) is 5.75 Å². The summed E-state index contributed by atoms with van der Waals surface area (Å²) in [6.07, 6.45) is -7.63. The first-order chi connectivity index (χ1) is 19.2. The van der Waals surface area contributed by atoms with Crippen LogP contribution >= 0.6 is 11.6 Å². The molecule has 0 aliphatic rings. The van der Waals surface area contributed by atoms with E-state index in [-0.39, 0.29) is 19.0 Å². The molecule has 1 unspecified atom stereocenters. The molecular formula is C29H25ClF6N2O3. The number of nitrogens with one attached hydrogen (secondary N) is 1. The monoisotopic (exact) mass is 598 g/mol. The highest BCUT2D eigenvalue weighted by Crippen LogP contribution is 2.36. The van der Waals surface area contributed by atoms with Gasteiger partial charge in [0.1, 0.15) is 5.75 Å². The topological polar surface area (TPSA) is 58.6 Å². The van der Waals surface area contributed by atoms with Gasteiger partial charge in [0.15, 0.2) is 0 Å². The van der Waals surface area contributed by atoms with Gasteiger partial charge in [0, 0.05) is 30.3 Å². The quantitative estimate of drug-likeness (QED) is 0.214. The lowest BCUT2D eigenvalue weighted by Crippen LogP contribution is -2.38. The summed E-state index contributed by atoms with van der Waals surface area (Å²) in [5, 5.41) is 3.11. The molecule has 5 nitrogen and oxygen atoms in total. The van der Waals surface area contributed by atoms with Gasteiger partial charge in [-0.15, -0.1) is 0 Å². The molecule has 3 aromatic rings. The Morgan fingerprint density at radius 3 is 2.10 bits per heavy atom. The van der Waals surface area contributed by atoms with Crippen molar-refractivity contribution in [1.29, 1.82) is 0 Å². The molecule has 3 aromatic carbocycles. The van der Waals surface area contributed by atoms with Crippen LogP contribution in [0.25, 0.3) is 0 Å². The Kier molecular flexibility index (Phi) is 10.1. The van der Waals surface area contributed by atoms with Crippen LogP contribution in [0.1, 0.15) is 32.6 Å². The molecule has 0 fully saturated rings. The Balaban J connectivity index is 1.88. The van der Waals surface area contributed by atoms with Gasteiger partial charge < -0.3 is 15.0 Å². The predicted molar refractivity (Wildman–Crippen MR) is 141 cm³/mol. The van der Waals surface area contributed by atoms with Gasteiger partial charge in [-0.3, -0.25) is 9.59 Å². The second-order valence-corrected chi connectivity index (χ2v) is 9.47. The van der Waals surface area contributed by atoms with Crippen LogP contribution in [0.4, 0.5) is 26.3 Å². The summed E-state index contributed by atoms with van der Waals surface area (Å²) in [6, 6.07) is 13.2. The van der Waals surface area contributed by atoms with Gasteiger partial charge in [-0.2, -0.15) is 26.3 Å². The van der Waals surface area contributed by atoms with Gasteiger partial charge in [-0.1, -0.05) is 41.9 Å². The van der Waals surface area contributed by atoms with E-state index in [1.807, 2.05) is 0 Å². The maximum atomic E-state index is 13.4. The fraction of sp³-hybridized carbons (Fsp3) is 0.241. The minimum atomic E-state index is -5.11. The van der Waals surface area contributed by atoms with E-state index in [4.69, 9.17) is 16.3 Å². The Morgan fingerprint density at radius 2 is 1.54 bits per heavy atom. The molecule has 0 aromatic heterocycles. The number of methoxy groups -OCH3 is 1. The smallest absolute Gasteiger partial charge is 0.416 e. The van der Waals surface area contributed by atoms with Crippen molar-refractivity contribution in [3.63, 3.8) is 0 Å². The summed E-state index contributed by atoms with van der Waals surface area (Å²) in [4.78, 5) is 26.8. The molecule has 0 aliphatic carbocycles. The number of hydrogen-bond acceptors (Lipinski definition) is 3. The molecule has 2 amide bonds. The first-order valence-electron chi connectivity index (χ1n) is 12.1. The summed E-state index contributed by atoms with van der Waals surface area (Å²) in [7, 11) is 2.73. The first-order valence-corrected chi connectivity index (χ1v) is 12.4. The van der Waals surface area contributed by atoms with E-state index >= 15 is 0 Å². The summed E-state index contributed by atoms with van der Waals surface area (Å²) in [5.74, 6) is -1.03. The van der Waals surface area contributed by atoms with Crippen molar-refractivity contribution in [3.05, 3.63) is 112 Å². The number of rotatable bonds is 9. The largest absolute Gasteiger partial charge is 0.497 e. The fourth-order valence-electron chi connectivity index (χ4n) is 3.86. The number of nitrogens with zero attached hydrogens (tertiary/aromatic N) is 1. The Hall–Kier alpha value is -3.99. The molecule has 0 radical (unpaired) electrons. The van der Waals surface area contributed by atoms with Crippen molar-refractivity contribution in [2.75, 3.05) is 14.2 Å². The van der Waals surface area contributed by atoms with Gasteiger partial charge in [0.05, 0.1) is 24.3 Å². The normalized spacial score (nSPS) is 12.7. The number of alkyl halides is 6. The third kappa shape index (κ3) is 9.01. The van der Waals surface area contributed by atoms with E-state index in [9.17, 15) is 35.9 Å². The molecule has 0 saturated carbocycles. The van der Waals surface area contributed by atoms with Crippen LogP contribution < -0.4 is 10.1 Å². The lowest BCUT2D eigenvalue weighted by molar-refractivity contribution is -0.143. The third-order valence-corrected chi connectivity index (χ3v) is 6.33. The zero-order valence-corrected chi connectivity index (χ0v) is 22.6. The summed E-state index contributed by atoms with van der Waals surface area (Å²) < 4.78 is 85.3. The molecule has 218 valence electrons. The van der Waals surface area contributed by atoms with Crippen molar-refractivity contribution in [1.82, 2.24) is 10.2 Å². The van der Waals surface area contributed by atoms with Crippen LogP contribution in [0.5, 0.6) is 5.75 Å². The molecule has 3 rings (SSSR count). The van der Waals surface area contributed by atoms with Crippen LogP contribution in [0.3, 0.4) is 0 Å².